The van der Waals surface area contributed by atoms with Gasteiger partial charge in [0.25, 0.3) is 0 Å². The van der Waals surface area contributed by atoms with E-state index < -0.39 is 0 Å². The molecule has 2 heterocycles. The van der Waals surface area contributed by atoms with Crippen LogP contribution in [0.25, 0.3) is 16.6 Å². The van der Waals surface area contributed by atoms with Crippen LogP contribution in [-0.4, -0.2) is 57.1 Å². The number of methoxy groups -OCH3 is 2. The molecular formula is C22H24N6O3S. The second-order valence-electron chi connectivity index (χ2n) is 7.10. The Morgan fingerprint density at radius 1 is 1.16 bits per heavy atom. The average Bonchev–Trinajstić information content (AvgIpc) is 3.45. The lowest BCUT2D eigenvalue weighted by Gasteiger charge is -2.12. The average molecular weight is 453 g/mol. The highest BCUT2D eigenvalue weighted by atomic mass is 32.2. The zero-order valence-corrected chi connectivity index (χ0v) is 18.8. The molecule has 2 N–H and O–H groups in total. The van der Waals surface area contributed by atoms with Gasteiger partial charge in [-0.25, -0.2) is 0 Å². The molecule has 0 radical (unpaired) electrons. The third kappa shape index (κ3) is 4.70. The molecule has 1 amide bonds. The Kier molecular flexibility index (Phi) is 6.60. The number of rotatable bonds is 9. The number of carbonyl (C=O) groups excluding carboxylic acids is 1. The van der Waals surface area contributed by atoms with Crippen molar-refractivity contribution in [2.24, 2.45) is 0 Å². The maximum Gasteiger partial charge on any atom is 0.233 e. The van der Waals surface area contributed by atoms with E-state index in [1.165, 1.54) is 11.8 Å². The first-order valence-electron chi connectivity index (χ1n) is 10.1. The van der Waals surface area contributed by atoms with Gasteiger partial charge in [-0.3, -0.25) is 4.79 Å². The SMILES string of the molecule is COc1ccc(-n2nnnc2SC(C)C(=O)NCCc2c[nH]c3cc(OC)ccc23)cc1. The first-order valence-corrected chi connectivity index (χ1v) is 11.0. The van der Waals surface area contributed by atoms with Crippen LogP contribution in [0.5, 0.6) is 11.5 Å². The Bertz CT molecular complexity index is 1200. The normalized spacial score (nSPS) is 12.0. The number of benzene rings is 2. The standard InChI is InChI=1S/C22H24N6O3S/c1-14(32-22-25-26-27-28(22)16-4-6-17(30-2)7-5-16)21(29)23-11-10-15-13-24-20-12-18(31-3)8-9-19(15)20/h4-9,12-14,24H,10-11H2,1-3H3,(H,23,29). The molecule has 1 unspecified atom stereocenters. The summed E-state index contributed by atoms with van der Waals surface area (Å²) in [6, 6.07) is 13.3. The van der Waals surface area contributed by atoms with E-state index in [4.69, 9.17) is 9.47 Å². The minimum atomic E-state index is -0.356. The molecule has 0 bridgehead atoms. The van der Waals surface area contributed by atoms with Crippen LogP contribution in [-0.2, 0) is 11.2 Å². The summed E-state index contributed by atoms with van der Waals surface area (Å²) < 4.78 is 12.0. The number of thioether (sulfide) groups is 1. The highest BCUT2D eigenvalue weighted by Gasteiger charge is 2.19. The van der Waals surface area contributed by atoms with Crippen molar-refractivity contribution < 1.29 is 14.3 Å². The molecule has 10 heteroatoms. The summed E-state index contributed by atoms with van der Waals surface area (Å²) in [7, 11) is 3.26. The molecule has 0 aliphatic rings. The van der Waals surface area contributed by atoms with E-state index in [2.05, 4.69) is 25.8 Å². The maximum absolute atomic E-state index is 12.6. The zero-order valence-electron chi connectivity index (χ0n) is 18.0. The smallest absolute Gasteiger partial charge is 0.233 e. The fraction of sp³-hybridized carbons (Fsp3) is 0.273. The van der Waals surface area contributed by atoms with Crippen molar-refractivity contribution in [1.82, 2.24) is 30.5 Å². The Morgan fingerprint density at radius 2 is 1.91 bits per heavy atom. The van der Waals surface area contributed by atoms with Gasteiger partial charge in [0.1, 0.15) is 11.5 Å². The fourth-order valence-corrected chi connectivity index (χ4v) is 4.14. The number of H-pyrrole nitrogens is 1. The van der Waals surface area contributed by atoms with Crippen LogP contribution in [0.1, 0.15) is 12.5 Å². The number of aromatic nitrogens is 5. The third-order valence-corrected chi connectivity index (χ3v) is 6.11. The molecule has 9 nitrogen and oxygen atoms in total. The summed E-state index contributed by atoms with van der Waals surface area (Å²) in [5.41, 5.74) is 2.95. The molecule has 2 aromatic carbocycles. The largest absolute Gasteiger partial charge is 0.497 e. The van der Waals surface area contributed by atoms with Gasteiger partial charge in [-0.1, -0.05) is 11.8 Å². The second kappa shape index (κ2) is 9.73. The van der Waals surface area contributed by atoms with Crippen molar-refractivity contribution in [1.29, 1.82) is 0 Å². The van der Waals surface area contributed by atoms with Crippen LogP contribution in [0.3, 0.4) is 0 Å². The molecule has 2 aromatic heterocycles. The number of tetrazole rings is 1. The van der Waals surface area contributed by atoms with Crippen LogP contribution in [0, 0.1) is 0 Å². The lowest BCUT2D eigenvalue weighted by Crippen LogP contribution is -2.32. The van der Waals surface area contributed by atoms with E-state index in [1.54, 1.807) is 18.9 Å². The number of fused-ring (bicyclic) bond motifs is 1. The van der Waals surface area contributed by atoms with Crippen LogP contribution in [0.4, 0.5) is 0 Å². The van der Waals surface area contributed by atoms with Gasteiger partial charge < -0.3 is 19.8 Å². The van der Waals surface area contributed by atoms with Crippen LogP contribution >= 0.6 is 11.8 Å². The molecule has 4 rings (SSSR count). The predicted octanol–water partition coefficient (Wildman–Crippen LogP) is 3.00. The van der Waals surface area contributed by atoms with Gasteiger partial charge in [0.15, 0.2) is 0 Å². The summed E-state index contributed by atoms with van der Waals surface area (Å²) in [6.45, 7) is 2.37. The summed E-state index contributed by atoms with van der Waals surface area (Å²) in [5, 5.41) is 16.2. The number of aromatic amines is 1. The van der Waals surface area contributed by atoms with Gasteiger partial charge >= 0.3 is 0 Å². The van der Waals surface area contributed by atoms with Gasteiger partial charge in [-0.15, -0.1) is 5.10 Å². The lowest BCUT2D eigenvalue weighted by molar-refractivity contribution is -0.120. The maximum atomic E-state index is 12.6. The van der Waals surface area contributed by atoms with Crippen LogP contribution in [0.2, 0.25) is 0 Å². The third-order valence-electron chi connectivity index (χ3n) is 5.08. The van der Waals surface area contributed by atoms with Crippen molar-refractivity contribution in [3.05, 3.63) is 54.2 Å². The molecule has 32 heavy (non-hydrogen) atoms. The quantitative estimate of drug-likeness (QED) is 0.376. The van der Waals surface area contributed by atoms with Crippen LogP contribution < -0.4 is 14.8 Å². The molecule has 166 valence electrons. The Balaban J connectivity index is 1.33. The van der Waals surface area contributed by atoms with E-state index in [0.29, 0.717) is 11.7 Å². The number of nitrogens with one attached hydrogen (secondary N) is 2. The molecule has 4 aromatic rings. The monoisotopic (exact) mass is 452 g/mol. The fourth-order valence-electron chi connectivity index (χ4n) is 3.31. The van der Waals surface area contributed by atoms with Crippen molar-refractivity contribution in [2.45, 2.75) is 23.8 Å². The predicted molar refractivity (Wildman–Crippen MR) is 123 cm³/mol. The van der Waals surface area contributed by atoms with E-state index in [-0.39, 0.29) is 11.2 Å². The Hall–Kier alpha value is -3.53. The second-order valence-corrected chi connectivity index (χ2v) is 8.41. The summed E-state index contributed by atoms with van der Waals surface area (Å²) in [5.74, 6) is 1.49. The molecule has 0 saturated carbocycles. The molecule has 1 atom stereocenters. The number of carbonyl (C=O) groups is 1. The van der Waals surface area contributed by atoms with Crippen molar-refractivity contribution in [2.75, 3.05) is 20.8 Å². The first kappa shape index (κ1) is 21.7. The van der Waals surface area contributed by atoms with E-state index >= 15 is 0 Å². The summed E-state index contributed by atoms with van der Waals surface area (Å²) in [6.07, 6.45) is 2.69. The first-order chi connectivity index (χ1) is 15.6. The summed E-state index contributed by atoms with van der Waals surface area (Å²) in [4.78, 5) is 15.9. The number of hydrogen-bond donors (Lipinski definition) is 2. The van der Waals surface area contributed by atoms with Crippen LogP contribution in [0.15, 0.2) is 53.8 Å². The number of amides is 1. The molecule has 0 aliphatic carbocycles. The number of nitrogens with zero attached hydrogens (tertiary/aromatic N) is 4. The van der Waals surface area contributed by atoms with E-state index in [0.717, 1.165) is 40.1 Å². The topological polar surface area (TPSA) is 107 Å². The van der Waals surface area contributed by atoms with Crippen molar-refractivity contribution in [3.8, 4) is 17.2 Å². The highest BCUT2D eigenvalue weighted by Crippen LogP contribution is 2.25. The van der Waals surface area contributed by atoms with Crippen molar-refractivity contribution in [3.63, 3.8) is 0 Å². The number of hydrogen-bond acceptors (Lipinski definition) is 7. The minimum Gasteiger partial charge on any atom is -0.497 e. The van der Waals surface area contributed by atoms with Gasteiger partial charge in [0, 0.05) is 29.7 Å². The lowest BCUT2D eigenvalue weighted by atomic mass is 10.1. The minimum absolute atomic E-state index is 0.0687. The highest BCUT2D eigenvalue weighted by molar-refractivity contribution is 8.00. The van der Waals surface area contributed by atoms with Gasteiger partial charge in [0.05, 0.1) is 25.2 Å². The Labute approximate surface area is 189 Å². The van der Waals surface area contributed by atoms with E-state index in [1.807, 2.05) is 55.6 Å². The van der Waals surface area contributed by atoms with Gasteiger partial charge in [-0.2, -0.15) is 4.68 Å². The van der Waals surface area contributed by atoms with Gasteiger partial charge in [-0.05, 0) is 65.7 Å². The molecular weight excluding hydrogens is 428 g/mol. The van der Waals surface area contributed by atoms with E-state index in [9.17, 15) is 4.79 Å². The Morgan fingerprint density at radius 3 is 2.66 bits per heavy atom. The molecule has 0 saturated heterocycles. The van der Waals surface area contributed by atoms with Crippen molar-refractivity contribution >= 4 is 28.6 Å². The molecule has 0 spiro atoms. The summed E-state index contributed by atoms with van der Waals surface area (Å²) >= 11 is 1.31. The number of ether oxygens (including phenoxy) is 2. The van der Waals surface area contributed by atoms with Gasteiger partial charge in [0.2, 0.25) is 11.1 Å². The zero-order chi connectivity index (χ0) is 22.5. The molecule has 0 aliphatic heterocycles. The molecule has 0 fully saturated rings.